The fourth-order valence-electron chi connectivity index (χ4n) is 4.41. The van der Waals surface area contributed by atoms with Gasteiger partial charge in [0.25, 0.3) is 6.47 Å². The number of carboxylic acid groups (broad SMARTS) is 1. The molecule has 0 saturated carbocycles. The average molecular weight is 552 g/mol. The van der Waals surface area contributed by atoms with Crippen molar-refractivity contribution in [1.29, 1.82) is 10.5 Å². The van der Waals surface area contributed by atoms with Gasteiger partial charge in [-0.1, -0.05) is 49.0 Å². The number of carbonyl (C=O) groups is 3. The molecule has 0 spiro atoms. The highest BCUT2D eigenvalue weighted by molar-refractivity contribution is 8.00. The van der Waals surface area contributed by atoms with Crippen molar-refractivity contribution in [2.45, 2.75) is 29.2 Å². The van der Waals surface area contributed by atoms with Crippen LogP contribution in [0.1, 0.15) is 34.4 Å². The number of amides is 2. The molecule has 2 amide bonds. The standard InChI is InChI=1S/C25H27N7O3S.CH2O2/c1-2-17-18(12-26)22(31-8-10-32(11-9-31)24(34)25(29)14-35-15-25)30-23(19(17)13-27)36-20(21(28)33)16-6-4-3-5-7-16;2-1-3/h3-7,20H,2,8-11,14-15,29H2,1H3,(H2,28,33);1H,(H,2,3). The monoisotopic (exact) mass is 551 g/mol. The minimum atomic E-state index is -0.965. The number of benzene rings is 1. The zero-order valence-corrected chi connectivity index (χ0v) is 22.2. The highest BCUT2D eigenvalue weighted by atomic mass is 32.2. The number of nitrogens with zero attached hydrogens (tertiary/aromatic N) is 5. The Bertz CT molecular complexity index is 1300. The summed E-state index contributed by atoms with van der Waals surface area (Å²) in [5.74, 6) is -0.253. The largest absolute Gasteiger partial charge is 0.483 e. The summed E-state index contributed by atoms with van der Waals surface area (Å²) in [7, 11) is 0. The Morgan fingerprint density at radius 1 is 1.18 bits per heavy atom. The molecule has 1 aromatic carbocycles. The van der Waals surface area contributed by atoms with Crippen LogP contribution < -0.4 is 16.4 Å². The van der Waals surface area contributed by atoms with Gasteiger partial charge in [-0.15, -0.1) is 0 Å². The number of nitrogens with two attached hydrogens (primary N) is 2. The van der Waals surface area contributed by atoms with E-state index in [0.717, 1.165) is 11.8 Å². The van der Waals surface area contributed by atoms with Crippen molar-refractivity contribution in [3.05, 3.63) is 52.6 Å². The Morgan fingerprint density at radius 2 is 1.77 bits per heavy atom. The maximum absolute atomic E-state index is 12.8. The van der Waals surface area contributed by atoms with E-state index in [-0.39, 0.29) is 31.2 Å². The van der Waals surface area contributed by atoms with Gasteiger partial charge in [-0.25, -0.2) is 4.98 Å². The number of anilines is 1. The molecule has 3 heterocycles. The molecule has 5 N–H and O–H groups in total. The Labute approximate surface area is 230 Å². The SMILES string of the molecule is CCc1c(C#N)c(SC(C(N)=O)c2ccccc2)nc(N2CCN(C(=O)C3(N)COC3)CC2)c1C#N.O=CO. The average Bonchev–Trinajstić information content (AvgIpc) is 2.94. The van der Waals surface area contributed by atoms with Crippen LogP contribution in [0.15, 0.2) is 35.4 Å². The molecule has 2 aliphatic heterocycles. The predicted molar refractivity (Wildman–Crippen MR) is 143 cm³/mol. The van der Waals surface area contributed by atoms with Gasteiger partial charge in [-0.3, -0.25) is 14.4 Å². The minimum absolute atomic E-state index is 0.139. The van der Waals surface area contributed by atoms with Gasteiger partial charge in [0, 0.05) is 26.2 Å². The number of carbonyl (C=O) groups excluding carboxylic acids is 2. The van der Waals surface area contributed by atoms with Gasteiger partial charge in [-0.05, 0) is 17.5 Å². The second-order valence-corrected chi connectivity index (χ2v) is 9.98. The Balaban J connectivity index is 0.00000134. The topological polar surface area (TPSA) is 200 Å². The van der Waals surface area contributed by atoms with Crippen LogP contribution in [0.5, 0.6) is 0 Å². The van der Waals surface area contributed by atoms with Crippen LogP contribution in [-0.4, -0.2) is 78.2 Å². The third-order valence-corrected chi connectivity index (χ3v) is 7.69. The Hall–Kier alpha value is -4.17. The lowest BCUT2D eigenvalue weighted by molar-refractivity contribution is -0.154. The number of rotatable bonds is 7. The smallest absolute Gasteiger partial charge is 0.290 e. The van der Waals surface area contributed by atoms with Crippen molar-refractivity contribution in [2.75, 3.05) is 44.3 Å². The molecule has 2 aliphatic rings. The lowest BCUT2D eigenvalue weighted by atomic mass is 9.96. The third-order valence-electron chi connectivity index (χ3n) is 6.43. The Morgan fingerprint density at radius 3 is 2.23 bits per heavy atom. The third kappa shape index (κ3) is 6.29. The van der Waals surface area contributed by atoms with E-state index < -0.39 is 16.7 Å². The first-order chi connectivity index (χ1) is 18.7. The van der Waals surface area contributed by atoms with Gasteiger partial charge >= 0.3 is 0 Å². The fraction of sp³-hybridized carbons (Fsp3) is 0.385. The lowest BCUT2D eigenvalue weighted by Crippen LogP contribution is -2.68. The van der Waals surface area contributed by atoms with Crippen molar-refractivity contribution in [3.63, 3.8) is 0 Å². The van der Waals surface area contributed by atoms with Crippen molar-refractivity contribution in [2.24, 2.45) is 11.5 Å². The zero-order chi connectivity index (χ0) is 28.6. The summed E-state index contributed by atoms with van der Waals surface area (Å²) in [5.41, 5.74) is 12.8. The first kappa shape index (κ1) is 29.4. The van der Waals surface area contributed by atoms with Crippen LogP contribution in [0.4, 0.5) is 5.82 Å². The van der Waals surface area contributed by atoms with E-state index in [4.69, 9.17) is 31.1 Å². The number of hydrogen-bond acceptors (Lipinski definition) is 10. The zero-order valence-electron chi connectivity index (χ0n) is 21.4. The summed E-state index contributed by atoms with van der Waals surface area (Å²) in [6.07, 6.45) is 0.440. The van der Waals surface area contributed by atoms with Gasteiger partial charge in [0.1, 0.15) is 33.8 Å². The summed E-state index contributed by atoms with van der Waals surface area (Å²) >= 11 is 1.11. The molecule has 2 fully saturated rings. The normalized spacial score (nSPS) is 16.4. The summed E-state index contributed by atoms with van der Waals surface area (Å²) in [5, 5.41) is 26.5. The Kier molecular flexibility index (Phi) is 9.84. The van der Waals surface area contributed by atoms with Gasteiger partial charge in [0.2, 0.25) is 11.8 Å². The molecular weight excluding hydrogens is 522 g/mol. The molecule has 4 rings (SSSR count). The highest BCUT2D eigenvalue weighted by Gasteiger charge is 2.45. The van der Waals surface area contributed by atoms with Crippen LogP contribution in [0.2, 0.25) is 0 Å². The molecule has 1 unspecified atom stereocenters. The molecule has 1 atom stereocenters. The summed E-state index contributed by atoms with van der Waals surface area (Å²) in [6.45, 7) is 3.78. The maximum atomic E-state index is 12.8. The summed E-state index contributed by atoms with van der Waals surface area (Å²) in [4.78, 5) is 41.9. The highest BCUT2D eigenvalue weighted by Crippen LogP contribution is 2.39. The van der Waals surface area contributed by atoms with E-state index >= 15 is 0 Å². The number of ether oxygens (including phenoxy) is 1. The molecule has 2 aromatic rings. The van der Waals surface area contributed by atoms with Crippen molar-refractivity contribution in [1.82, 2.24) is 9.88 Å². The van der Waals surface area contributed by atoms with Crippen LogP contribution in [0.25, 0.3) is 0 Å². The maximum Gasteiger partial charge on any atom is 0.290 e. The molecule has 12 nitrogen and oxygen atoms in total. The van der Waals surface area contributed by atoms with E-state index in [1.807, 2.05) is 30.0 Å². The van der Waals surface area contributed by atoms with Gasteiger partial charge in [-0.2, -0.15) is 10.5 Å². The molecular formula is C26H29N7O5S. The quantitative estimate of drug-likeness (QED) is 0.324. The predicted octanol–water partition coefficient (Wildman–Crippen LogP) is 0.783. The number of piperazine rings is 1. The van der Waals surface area contributed by atoms with Crippen LogP contribution in [0.3, 0.4) is 0 Å². The molecule has 0 bridgehead atoms. The van der Waals surface area contributed by atoms with E-state index in [1.54, 1.807) is 17.0 Å². The van der Waals surface area contributed by atoms with Crippen molar-refractivity contribution in [3.8, 4) is 12.1 Å². The van der Waals surface area contributed by atoms with E-state index in [9.17, 15) is 20.1 Å². The fourth-order valence-corrected chi connectivity index (χ4v) is 5.47. The first-order valence-electron chi connectivity index (χ1n) is 12.1. The number of pyridine rings is 1. The first-order valence-corrected chi connectivity index (χ1v) is 13.0. The lowest BCUT2D eigenvalue weighted by Gasteiger charge is -2.43. The number of hydrogen-bond donors (Lipinski definition) is 3. The molecule has 39 heavy (non-hydrogen) atoms. The van der Waals surface area contributed by atoms with Crippen LogP contribution in [-0.2, 0) is 25.5 Å². The number of primary amides is 1. The molecule has 0 radical (unpaired) electrons. The molecule has 204 valence electrons. The van der Waals surface area contributed by atoms with E-state index in [1.165, 1.54) is 0 Å². The molecule has 0 aliphatic carbocycles. The number of aromatic nitrogens is 1. The second kappa shape index (κ2) is 13.1. The van der Waals surface area contributed by atoms with Crippen LogP contribution >= 0.6 is 11.8 Å². The molecule has 13 heteroatoms. The van der Waals surface area contributed by atoms with E-state index in [0.29, 0.717) is 60.1 Å². The minimum Gasteiger partial charge on any atom is -0.483 e. The van der Waals surface area contributed by atoms with Gasteiger partial charge in [0.05, 0.1) is 24.3 Å². The second-order valence-electron chi connectivity index (χ2n) is 8.89. The van der Waals surface area contributed by atoms with Gasteiger partial charge in [0.15, 0.2) is 0 Å². The summed E-state index contributed by atoms with van der Waals surface area (Å²) < 4.78 is 5.12. The summed E-state index contributed by atoms with van der Waals surface area (Å²) in [6, 6.07) is 13.5. The van der Waals surface area contributed by atoms with Crippen LogP contribution in [0, 0.1) is 22.7 Å². The van der Waals surface area contributed by atoms with Crippen molar-refractivity contribution < 1.29 is 24.2 Å². The molecule has 2 saturated heterocycles. The van der Waals surface area contributed by atoms with Gasteiger partial charge < -0.3 is 31.1 Å². The van der Waals surface area contributed by atoms with Crippen molar-refractivity contribution >= 4 is 35.9 Å². The number of thioether (sulfide) groups is 1. The van der Waals surface area contributed by atoms with E-state index in [2.05, 4.69) is 12.1 Å². The molecule has 1 aromatic heterocycles. The number of nitriles is 2.